The smallest absolute Gasteiger partial charge is 0.193 e. The van der Waals surface area contributed by atoms with Gasteiger partial charge in [0, 0.05) is 11.1 Å². The van der Waals surface area contributed by atoms with Crippen LogP contribution in [-0.4, -0.2) is 5.78 Å². The van der Waals surface area contributed by atoms with E-state index in [1.807, 2.05) is 97.1 Å². The molecule has 34 heavy (non-hydrogen) atoms. The maximum absolute atomic E-state index is 11.8. The predicted octanol–water partition coefficient (Wildman–Crippen LogP) is 9.74. The van der Waals surface area contributed by atoms with E-state index in [4.69, 9.17) is 0 Å². The van der Waals surface area contributed by atoms with Crippen LogP contribution in [0.4, 0.5) is 0 Å². The van der Waals surface area contributed by atoms with Crippen LogP contribution >= 0.6 is 0 Å². The normalized spacial score (nSPS) is 8.65. The summed E-state index contributed by atoms with van der Waals surface area (Å²) < 4.78 is 0. The highest BCUT2D eigenvalue weighted by atomic mass is 16.1. The molecule has 0 aromatic heterocycles. The average molecular weight is 455 g/mol. The summed E-state index contributed by atoms with van der Waals surface area (Å²) in [6.07, 6.45) is 2.50. The number of benzene rings is 4. The number of rotatable bonds is 2. The third-order valence-electron chi connectivity index (χ3n) is 3.95. The summed E-state index contributed by atoms with van der Waals surface area (Å²) in [5.41, 5.74) is 4.11. The zero-order valence-corrected chi connectivity index (χ0v) is 21.9. The fourth-order valence-corrected chi connectivity index (χ4v) is 2.41. The zero-order valence-electron chi connectivity index (χ0n) is 21.9. The van der Waals surface area contributed by atoms with Gasteiger partial charge in [-0.05, 0) is 13.8 Å². The third kappa shape index (κ3) is 16.2. The van der Waals surface area contributed by atoms with Gasteiger partial charge in [0.1, 0.15) is 0 Å². The summed E-state index contributed by atoms with van der Waals surface area (Å²) in [5.74, 6) is 0.0752. The topological polar surface area (TPSA) is 17.1 Å². The first-order valence-corrected chi connectivity index (χ1v) is 12.2. The fourth-order valence-electron chi connectivity index (χ4n) is 2.41. The molecule has 180 valence electrons. The number of carbonyl (C=O) groups excluding carboxylic acids is 1. The molecule has 0 fully saturated rings. The van der Waals surface area contributed by atoms with Crippen molar-refractivity contribution in [1.82, 2.24) is 0 Å². The van der Waals surface area contributed by atoms with Crippen molar-refractivity contribution in [2.45, 2.75) is 54.4 Å². The molecule has 0 N–H and O–H groups in total. The summed E-state index contributed by atoms with van der Waals surface area (Å²) in [5, 5.41) is 0. The van der Waals surface area contributed by atoms with Gasteiger partial charge in [-0.1, -0.05) is 173 Å². The first-order chi connectivity index (χ1) is 16.5. The van der Waals surface area contributed by atoms with Crippen molar-refractivity contribution in [3.8, 4) is 0 Å². The molecule has 0 radical (unpaired) electrons. The van der Waals surface area contributed by atoms with Crippen molar-refractivity contribution in [2.24, 2.45) is 0 Å². The predicted molar refractivity (Wildman–Crippen MR) is 151 cm³/mol. The van der Waals surface area contributed by atoms with E-state index in [0.717, 1.165) is 11.1 Å². The Morgan fingerprint density at radius 3 is 0.824 bits per heavy atom. The van der Waals surface area contributed by atoms with Crippen molar-refractivity contribution in [3.63, 3.8) is 0 Å². The molecule has 4 aromatic carbocycles. The maximum Gasteiger partial charge on any atom is 0.193 e. The molecule has 1 nitrogen and oxygen atoms in total. The van der Waals surface area contributed by atoms with Crippen molar-refractivity contribution in [3.05, 3.63) is 144 Å². The largest absolute Gasteiger partial charge is 0.289 e. The van der Waals surface area contributed by atoms with Crippen LogP contribution in [0.1, 0.15) is 67.6 Å². The maximum atomic E-state index is 11.8. The number of aryl methyl sites for hydroxylation is 2. The summed E-state index contributed by atoms with van der Waals surface area (Å²) >= 11 is 0. The summed E-state index contributed by atoms with van der Waals surface area (Å²) in [6.45, 7) is 12.7. The van der Waals surface area contributed by atoms with Crippen LogP contribution in [0.15, 0.2) is 121 Å². The molecule has 4 rings (SSSR count). The minimum absolute atomic E-state index is 0.0752. The highest BCUT2D eigenvalue weighted by Gasteiger charge is 2.06. The van der Waals surface area contributed by atoms with Crippen molar-refractivity contribution < 1.29 is 4.79 Å². The summed E-state index contributed by atoms with van der Waals surface area (Å²) in [6, 6.07) is 39.1. The Labute approximate surface area is 208 Å². The van der Waals surface area contributed by atoms with Crippen LogP contribution in [0.25, 0.3) is 0 Å². The molecule has 0 atom stereocenters. The van der Waals surface area contributed by atoms with Crippen LogP contribution in [0.2, 0.25) is 0 Å². The molecule has 0 amide bonds. The van der Waals surface area contributed by atoms with Crippen molar-refractivity contribution >= 4 is 5.78 Å². The molecule has 0 saturated heterocycles. The molecule has 4 aromatic rings. The Balaban J connectivity index is 0.000000461. The summed E-state index contributed by atoms with van der Waals surface area (Å²) in [7, 11) is 0. The number of hydrogen-bond donors (Lipinski definition) is 0. The van der Waals surface area contributed by atoms with E-state index < -0.39 is 0 Å². The van der Waals surface area contributed by atoms with Gasteiger partial charge in [-0.3, -0.25) is 4.79 Å². The van der Waals surface area contributed by atoms with E-state index in [0.29, 0.717) is 0 Å². The SMILES string of the molecule is CCC.CCC.Cc1ccccc1.Cc1ccccc1.O=C(c1ccccc1)c1ccccc1. The highest BCUT2D eigenvalue weighted by Crippen LogP contribution is 2.08. The quantitative estimate of drug-likeness (QED) is 0.275. The monoisotopic (exact) mass is 454 g/mol. The van der Waals surface area contributed by atoms with Crippen LogP contribution in [0, 0.1) is 13.8 Å². The lowest BCUT2D eigenvalue weighted by Gasteiger charge is -1.99. The molecule has 0 aliphatic rings. The van der Waals surface area contributed by atoms with Gasteiger partial charge in [-0.2, -0.15) is 0 Å². The molecule has 0 unspecified atom stereocenters. The Hall–Kier alpha value is -3.45. The van der Waals surface area contributed by atoms with Gasteiger partial charge in [-0.15, -0.1) is 0 Å². The van der Waals surface area contributed by atoms with E-state index in [-0.39, 0.29) is 5.78 Å². The number of carbonyl (C=O) groups is 1. The first-order valence-electron chi connectivity index (χ1n) is 12.2. The molecule has 0 aliphatic carbocycles. The second-order valence-electron chi connectivity index (χ2n) is 7.78. The highest BCUT2D eigenvalue weighted by molar-refractivity contribution is 6.08. The first kappa shape index (κ1) is 30.6. The van der Waals surface area contributed by atoms with Crippen LogP contribution in [0.3, 0.4) is 0 Å². The molecular formula is C33H42O. The summed E-state index contributed by atoms with van der Waals surface area (Å²) in [4.78, 5) is 11.8. The Bertz CT molecular complexity index is 865. The Morgan fingerprint density at radius 2 is 0.647 bits per heavy atom. The Kier molecular flexibility index (Phi) is 19.2. The fraction of sp³-hybridized carbons (Fsp3) is 0.242. The molecule has 0 spiro atoms. The minimum atomic E-state index is 0.0752. The minimum Gasteiger partial charge on any atom is -0.289 e. The standard InChI is InChI=1S/C13H10O.2C7H8.2C3H8/c14-13(11-7-3-1-4-8-11)12-9-5-2-6-10-12;2*1-7-5-3-2-4-6-7;2*1-3-2/h1-10H;2*2-6H,1H3;2*3H2,1-2H3. The van der Waals surface area contributed by atoms with Gasteiger partial charge in [-0.25, -0.2) is 0 Å². The van der Waals surface area contributed by atoms with Crippen LogP contribution < -0.4 is 0 Å². The van der Waals surface area contributed by atoms with E-state index in [2.05, 4.69) is 65.8 Å². The lowest BCUT2D eigenvalue weighted by Crippen LogP contribution is -1.99. The average Bonchev–Trinajstić information content (AvgIpc) is 2.87. The number of ketones is 1. The van der Waals surface area contributed by atoms with E-state index in [1.165, 1.54) is 24.0 Å². The van der Waals surface area contributed by atoms with E-state index >= 15 is 0 Å². The number of hydrogen-bond acceptors (Lipinski definition) is 1. The van der Waals surface area contributed by atoms with Gasteiger partial charge in [0.05, 0.1) is 0 Å². The van der Waals surface area contributed by atoms with E-state index in [1.54, 1.807) is 0 Å². The van der Waals surface area contributed by atoms with Crippen molar-refractivity contribution in [1.29, 1.82) is 0 Å². The molecule has 0 aliphatic heterocycles. The van der Waals surface area contributed by atoms with Gasteiger partial charge in [0.25, 0.3) is 0 Å². The second-order valence-corrected chi connectivity index (χ2v) is 7.78. The lowest BCUT2D eigenvalue weighted by molar-refractivity contribution is 0.103. The molecule has 0 heterocycles. The van der Waals surface area contributed by atoms with Gasteiger partial charge >= 0.3 is 0 Å². The second kappa shape index (κ2) is 21.4. The molecular weight excluding hydrogens is 412 g/mol. The van der Waals surface area contributed by atoms with Gasteiger partial charge in [0.15, 0.2) is 5.78 Å². The van der Waals surface area contributed by atoms with Crippen LogP contribution in [0.5, 0.6) is 0 Å². The van der Waals surface area contributed by atoms with Crippen molar-refractivity contribution in [2.75, 3.05) is 0 Å². The lowest BCUT2D eigenvalue weighted by atomic mass is 10.0. The molecule has 0 bridgehead atoms. The Morgan fingerprint density at radius 1 is 0.441 bits per heavy atom. The molecule has 0 saturated carbocycles. The molecule has 1 heteroatoms. The third-order valence-corrected chi connectivity index (χ3v) is 3.95. The van der Waals surface area contributed by atoms with Crippen LogP contribution in [-0.2, 0) is 0 Å². The van der Waals surface area contributed by atoms with Gasteiger partial charge < -0.3 is 0 Å². The van der Waals surface area contributed by atoms with E-state index in [9.17, 15) is 4.79 Å². The van der Waals surface area contributed by atoms with Gasteiger partial charge in [0.2, 0.25) is 0 Å². The zero-order chi connectivity index (χ0) is 25.4.